The van der Waals surface area contributed by atoms with Crippen molar-refractivity contribution in [3.05, 3.63) is 62.9 Å². The summed E-state index contributed by atoms with van der Waals surface area (Å²) < 4.78 is 19.3. The predicted octanol–water partition coefficient (Wildman–Crippen LogP) is 6.77. The predicted molar refractivity (Wildman–Crippen MR) is 133 cm³/mol. The fourth-order valence-corrected chi connectivity index (χ4v) is 4.72. The van der Waals surface area contributed by atoms with Crippen LogP contribution in [0, 0.1) is 3.57 Å². The summed E-state index contributed by atoms with van der Waals surface area (Å²) in [5.41, 5.74) is 2.52. The van der Waals surface area contributed by atoms with Gasteiger partial charge < -0.3 is 18.7 Å². The normalized spacial score (nSPS) is 12.3. The van der Waals surface area contributed by atoms with E-state index in [4.69, 9.17) is 18.7 Å². The molecule has 166 valence electrons. The molecule has 0 fully saturated rings. The van der Waals surface area contributed by atoms with E-state index in [1.54, 1.807) is 12.1 Å². The molecule has 1 heterocycles. The van der Waals surface area contributed by atoms with Crippen LogP contribution >= 0.6 is 22.6 Å². The summed E-state index contributed by atoms with van der Waals surface area (Å²) in [6.45, 7) is 12.0. The molecular formula is C24H29IO5Si. The number of halogens is 1. The molecule has 2 aromatic carbocycles. The molecule has 3 aromatic rings. The maximum absolute atomic E-state index is 11.1. The van der Waals surface area contributed by atoms with Gasteiger partial charge in [-0.3, -0.25) is 4.79 Å². The first-order valence-corrected chi connectivity index (χ1v) is 14.2. The molecule has 0 aliphatic heterocycles. The summed E-state index contributed by atoms with van der Waals surface area (Å²) in [7, 11) is -1.85. The average molecular weight is 552 g/mol. The zero-order valence-corrected chi connectivity index (χ0v) is 21.8. The number of carbonyl (C=O) groups is 1. The van der Waals surface area contributed by atoms with Crippen molar-refractivity contribution in [3.63, 3.8) is 0 Å². The summed E-state index contributed by atoms with van der Waals surface area (Å²) in [5, 5.41) is 10.3. The van der Waals surface area contributed by atoms with E-state index in [2.05, 4.69) is 62.5 Å². The fraction of sp³-hybridized carbons (Fsp3) is 0.375. The summed E-state index contributed by atoms with van der Waals surface area (Å²) in [4.78, 5) is 11.1. The third-order valence-corrected chi connectivity index (χ3v) is 11.1. The summed E-state index contributed by atoms with van der Waals surface area (Å²) in [5.74, 6) is 0.538. The van der Waals surface area contributed by atoms with Gasteiger partial charge in [-0.15, -0.1) is 0 Å². The number of furan rings is 1. The number of fused-ring (bicyclic) bond motifs is 1. The molecule has 5 nitrogen and oxygen atoms in total. The van der Waals surface area contributed by atoms with Crippen LogP contribution in [0.5, 0.6) is 5.75 Å². The number of ether oxygens (including phenoxy) is 1. The number of hydrogen-bond acceptors (Lipinski definition) is 4. The smallest absolute Gasteiger partial charge is 0.307 e. The fourth-order valence-electron chi connectivity index (χ4n) is 2.96. The third-order valence-electron chi connectivity index (χ3n) is 5.77. The van der Waals surface area contributed by atoms with Crippen molar-refractivity contribution in [2.45, 2.75) is 58.5 Å². The first-order chi connectivity index (χ1) is 14.5. The first-order valence-electron chi connectivity index (χ1n) is 10.2. The molecule has 0 saturated heterocycles. The Morgan fingerprint density at radius 3 is 2.52 bits per heavy atom. The lowest BCUT2D eigenvalue weighted by Crippen LogP contribution is -2.40. The highest BCUT2D eigenvalue weighted by atomic mass is 127. The van der Waals surface area contributed by atoms with Gasteiger partial charge in [-0.25, -0.2) is 0 Å². The lowest BCUT2D eigenvalue weighted by molar-refractivity contribution is -0.136. The molecule has 31 heavy (non-hydrogen) atoms. The molecule has 1 N–H and O–H groups in total. The first kappa shape index (κ1) is 23.8. The van der Waals surface area contributed by atoms with Crippen molar-refractivity contribution in [2.75, 3.05) is 0 Å². The molecule has 0 spiro atoms. The topological polar surface area (TPSA) is 68.9 Å². The highest BCUT2D eigenvalue weighted by Gasteiger charge is 2.37. The number of carboxylic acids is 1. The summed E-state index contributed by atoms with van der Waals surface area (Å²) in [6, 6.07) is 13.4. The molecule has 0 saturated carbocycles. The number of hydrogen-bond donors (Lipinski definition) is 1. The Morgan fingerprint density at radius 1 is 1.13 bits per heavy atom. The molecule has 0 radical (unpaired) electrons. The van der Waals surface area contributed by atoms with Crippen LogP contribution < -0.4 is 4.74 Å². The SMILES string of the molecule is CC(C)(C)[Si](C)(C)OCc1cc2cc(COc3ccccc3CC(=O)O)cc(I)c2o1. The lowest BCUT2D eigenvalue weighted by Gasteiger charge is -2.35. The molecule has 3 rings (SSSR count). The third kappa shape index (κ3) is 5.90. The average Bonchev–Trinajstić information content (AvgIpc) is 3.08. The summed E-state index contributed by atoms with van der Waals surface area (Å²) in [6.07, 6.45) is -0.0634. The largest absolute Gasteiger partial charge is 0.489 e. The van der Waals surface area contributed by atoms with Crippen molar-refractivity contribution in [3.8, 4) is 5.75 Å². The second-order valence-corrected chi connectivity index (χ2v) is 15.2. The van der Waals surface area contributed by atoms with Crippen LogP contribution in [-0.4, -0.2) is 19.4 Å². The van der Waals surface area contributed by atoms with E-state index in [1.165, 1.54) is 0 Å². The van der Waals surface area contributed by atoms with Gasteiger partial charge in [-0.2, -0.15) is 0 Å². The Morgan fingerprint density at radius 2 is 1.84 bits per heavy atom. The highest BCUT2D eigenvalue weighted by molar-refractivity contribution is 14.1. The zero-order valence-electron chi connectivity index (χ0n) is 18.6. The Hall–Kier alpha value is -1.84. The lowest BCUT2D eigenvalue weighted by atomic mass is 10.1. The second-order valence-electron chi connectivity index (χ2n) is 9.22. The quantitative estimate of drug-likeness (QED) is 0.247. The van der Waals surface area contributed by atoms with Crippen LogP contribution in [0.4, 0.5) is 0 Å². The van der Waals surface area contributed by atoms with Crippen molar-refractivity contribution in [1.82, 2.24) is 0 Å². The van der Waals surface area contributed by atoms with Crippen molar-refractivity contribution in [1.29, 1.82) is 0 Å². The highest BCUT2D eigenvalue weighted by Crippen LogP contribution is 2.37. The minimum atomic E-state index is -1.85. The van der Waals surface area contributed by atoms with Crippen molar-refractivity contribution < 1.29 is 23.5 Å². The van der Waals surface area contributed by atoms with E-state index < -0.39 is 14.3 Å². The molecule has 0 aliphatic rings. The van der Waals surface area contributed by atoms with E-state index in [9.17, 15) is 4.79 Å². The van der Waals surface area contributed by atoms with Crippen LogP contribution in [0.25, 0.3) is 11.0 Å². The van der Waals surface area contributed by atoms with Gasteiger partial charge in [0.05, 0.1) is 16.6 Å². The maximum atomic E-state index is 11.1. The van der Waals surface area contributed by atoms with Gasteiger partial charge in [0.15, 0.2) is 8.32 Å². The van der Waals surface area contributed by atoms with Gasteiger partial charge in [0, 0.05) is 10.9 Å². The van der Waals surface area contributed by atoms with Gasteiger partial charge in [-0.05, 0) is 70.6 Å². The van der Waals surface area contributed by atoms with Gasteiger partial charge in [0.25, 0.3) is 0 Å². The zero-order chi connectivity index (χ0) is 22.8. The van der Waals surface area contributed by atoms with Crippen molar-refractivity contribution in [2.24, 2.45) is 0 Å². The standard InChI is InChI=1S/C24H29IO5Si/c1-24(2,3)31(4,5)29-15-19-12-18-10-16(11-20(25)23(18)30-19)14-28-21-9-7-6-8-17(21)13-22(26)27/h6-12H,13-15H2,1-5H3,(H,26,27). The van der Waals surface area contributed by atoms with Crippen molar-refractivity contribution >= 4 is 47.8 Å². The minimum absolute atomic E-state index is 0.0634. The molecule has 0 unspecified atom stereocenters. The Kier molecular flexibility index (Phi) is 7.17. The molecule has 0 amide bonds. The number of benzene rings is 2. The second kappa shape index (κ2) is 9.34. The van der Waals surface area contributed by atoms with E-state index in [-0.39, 0.29) is 11.5 Å². The van der Waals surface area contributed by atoms with Gasteiger partial charge in [0.1, 0.15) is 23.7 Å². The Labute approximate surface area is 198 Å². The number of carboxylic acid groups (broad SMARTS) is 1. The van der Waals surface area contributed by atoms with Crippen LogP contribution in [-0.2, 0) is 28.9 Å². The molecule has 0 atom stereocenters. The number of para-hydroxylation sites is 1. The summed E-state index contributed by atoms with van der Waals surface area (Å²) >= 11 is 2.27. The van der Waals surface area contributed by atoms with Crippen LogP contribution in [0.2, 0.25) is 18.1 Å². The van der Waals surface area contributed by atoms with E-state index in [0.717, 1.165) is 25.9 Å². The van der Waals surface area contributed by atoms with Crippen LogP contribution in [0.15, 0.2) is 46.9 Å². The van der Waals surface area contributed by atoms with E-state index in [0.29, 0.717) is 24.5 Å². The van der Waals surface area contributed by atoms with Crippen LogP contribution in [0.1, 0.15) is 37.7 Å². The Bertz CT molecular complexity index is 1080. The van der Waals surface area contributed by atoms with Gasteiger partial charge in [-0.1, -0.05) is 39.0 Å². The van der Waals surface area contributed by atoms with E-state index >= 15 is 0 Å². The molecule has 0 aliphatic carbocycles. The van der Waals surface area contributed by atoms with E-state index in [1.807, 2.05) is 24.3 Å². The number of rotatable bonds is 8. The maximum Gasteiger partial charge on any atom is 0.307 e. The minimum Gasteiger partial charge on any atom is -0.489 e. The Balaban J connectivity index is 1.75. The molecule has 7 heteroatoms. The number of aliphatic carboxylic acids is 1. The van der Waals surface area contributed by atoms with Gasteiger partial charge >= 0.3 is 5.97 Å². The van der Waals surface area contributed by atoms with Gasteiger partial charge in [0.2, 0.25) is 0 Å². The van der Waals surface area contributed by atoms with Crippen LogP contribution in [0.3, 0.4) is 0 Å². The molecule has 1 aromatic heterocycles. The monoisotopic (exact) mass is 552 g/mol. The molecular weight excluding hydrogens is 523 g/mol. The molecule has 0 bridgehead atoms.